The van der Waals surface area contributed by atoms with Crippen molar-refractivity contribution in [3.63, 3.8) is 0 Å². The van der Waals surface area contributed by atoms with Gasteiger partial charge in [-0.05, 0) is 49.7 Å². The van der Waals surface area contributed by atoms with Crippen LogP contribution in [0.3, 0.4) is 0 Å². The van der Waals surface area contributed by atoms with Crippen molar-refractivity contribution in [1.29, 1.82) is 0 Å². The van der Waals surface area contributed by atoms with Crippen LogP contribution in [-0.4, -0.2) is 30.5 Å². The highest BCUT2D eigenvalue weighted by Crippen LogP contribution is 2.48. The molecule has 18 heavy (non-hydrogen) atoms. The standard InChI is InChI=1S/C13H20ClN3O/c1-9-10(2)12(17-16-11(9)14)15-8-13(4-5-13)6-7-18-3/h4-8H2,1-3H3,(H,15,17). The number of halogens is 1. The fraction of sp³-hybridized carbons (Fsp3) is 0.692. The van der Waals surface area contributed by atoms with Crippen molar-refractivity contribution in [3.05, 3.63) is 16.3 Å². The summed E-state index contributed by atoms with van der Waals surface area (Å²) in [6.45, 7) is 5.75. The lowest BCUT2D eigenvalue weighted by Crippen LogP contribution is -2.19. The summed E-state index contributed by atoms with van der Waals surface area (Å²) in [5, 5.41) is 12.0. The van der Waals surface area contributed by atoms with E-state index in [2.05, 4.69) is 15.5 Å². The summed E-state index contributed by atoms with van der Waals surface area (Å²) in [5.74, 6) is 0.848. The number of ether oxygens (including phenoxy) is 1. The van der Waals surface area contributed by atoms with Gasteiger partial charge in [0.25, 0.3) is 0 Å². The van der Waals surface area contributed by atoms with E-state index in [0.717, 1.165) is 36.5 Å². The fourth-order valence-corrected chi connectivity index (χ4v) is 2.21. The van der Waals surface area contributed by atoms with Crippen LogP contribution in [0.15, 0.2) is 0 Å². The van der Waals surface area contributed by atoms with Crippen LogP contribution in [0.2, 0.25) is 5.15 Å². The molecule has 1 N–H and O–H groups in total. The number of methoxy groups -OCH3 is 1. The van der Waals surface area contributed by atoms with Crippen molar-refractivity contribution in [2.45, 2.75) is 33.1 Å². The maximum absolute atomic E-state index is 5.94. The molecular formula is C13H20ClN3O. The van der Waals surface area contributed by atoms with Gasteiger partial charge in [-0.2, -0.15) is 0 Å². The summed E-state index contributed by atoms with van der Waals surface area (Å²) in [4.78, 5) is 0. The highest BCUT2D eigenvalue weighted by atomic mass is 35.5. The van der Waals surface area contributed by atoms with Gasteiger partial charge >= 0.3 is 0 Å². The Morgan fingerprint density at radius 2 is 2.00 bits per heavy atom. The number of hydrogen-bond acceptors (Lipinski definition) is 4. The van der Waals surface area contributed by atoms with Gasteiger partial charge in [-0.25, -0.2) is 0 Å². The number of hydrogen-bond donors (Lipinski definition) is 1. The molecule has 0 spiro atoms. The maximum Gasteiger partial charge on any atom is 0.155 e. The van der Waals surface area contributed by atoms with Crippen LogP contribution in [0.5, 0.6) is 0 Å². The first-order chi connectivity index (χ1) is 8.58. The van der Waals surface area contributed by atoms with Crippen LogP contribution in [0.1, 0.15) is 30.4 Å². The molecule has 1 saturated carbocycles. The van der Waals surface area contributed by atoms with Crippen molar-refractivity contribution in [2.75, 3.05) is 25.6 Å². The van der Waals surface area contributed by atoms with E-state index in [9.17, 15) is 0 Å². The van der Waals surface area contributed by atoms with E-state index in [4.69, 9.17) is 16.3 Å². The minimum absolute atomic E-state index is 0.400. The SMILES string of the molecule is COCCC1(CNc2nnc(Cl)c(C)c2C)CC1. The van der Waals surface area contributed by atoms with Crippen LogP contribution < -0.4 is 5.32 Å². The first-order valence-electron chi connectivity index (χ1n) is 6.30. The van der Waals surface area contributed by atoms with Crippen LogP contribution in [0.4, 0.5) is 5.82 Å². The Hall–Kier alpha value is -0.870. The number of rotatable bonds is 6. The van der Waals surface area contributed by atoms with Crippen LogP contribution in [-0.2, 0) is 4.74 Å². The molecule has 4 nitrogen and oxygen atoms in total. The zero-order chi connectivity index (χ0) is 13.2. The molecule has 0 saturated heterocycles. The predicted molar refractivity (Wildman–Crippen MR) is 73.2 cm³/mol. The van der Waals surface area contributed by atoms with E-state index in [1.807, 2.05) is 13.8 Å². The third-order valence-electron chi connectivity index (χ3n) is 3.89. The molecule has 1 heterocycles. The Balaban J connectivity index is 1.97. The Kier molecular flexibility index (Phi) is 4.07. The van der Waals surface area contributed by atoms with E-state index in [0.29, 0.717) is 10.6 Å². The molecule has 0 aliphatic heterocycles. The minimum Gasteiger partial charge on any atom is -0.385 e. The molecule has 1 aromatic heterocycles. The highest BCUT2D eigenvalue weighted by Gasteiger charge is 2.41. The second-order valence-electron chi connectivity index (χ2n) is 5.19. The second kappa shape index (κ2) is 5.41. The molecule has 0 bridgehead atoms. The predicted octanol–water partition coefficient (Wildman–Crippen LogP) is 2.98. The van der Waals surface area contributed by atoms with E-state index >= 15 is 0 Å². The Morgan fingerprint density at radius 3 is 2.61 bits per heavy atom. The Labute approximate surface area is 113 Å². The van der Waals surface area contributed by atoms with Crippen molar-refractivity contribution < 1.29 is 4.74 Å². The van der Waals surface area contributed by atoms with Crippen LogP contribution in [0, 0.1) is 19.3 Å². The highest BCUT2D eigenvalue weighted by molar-refractivity contribution is 6.30. The molecule has 0 aromatic carbocycles. The van der Waals surface area contributed by atoms with Crippen molar-refractivity contribution in [2.24, 2.45) is 5.41 Å². The minimum atomic E-state index is 0.400. The molecular weight excluding hydrogens is 250 g/mol. The average Bonchev–Trinajstić information content (AvgIpc) is 3.13. The molecule has 2 rings (SSSR count). The molecule has 1 aliphatic rings. The maximum atomic E-state index is 5.94. The van der Waals surface area contributed by atoms with Crippen molar-refractivity contribution >= 4 is 17.4 Å². The molecule has 0 unspecified atom stereocenters. The lowest BCUT2D eigenvalue weighted by Gasteiger charge is -2.17. The molecule has 1 aliphatic carbocycles. The molecule has 0 radical (unpaired) electrons. The van der Waals surface area contributed by atoms with Gasteiger partial charge in [0, 0.05) is 20.3 Å². The van der Waals surface area contributed by atoms with E-state index in [-0.39, 0.29) is 0 Å². The smallest absolute Gasteiger partial charge is 0.155 e. The summed E-state index contributed by atoms with van der Waals surface area (Å²) < 4.78 is 5.16. The first-order valence-corrected chi connectivity index (χ1v) is 6.68. The van der Waals surface area contributed by atoms with Gasteiger partial charge in [0.15, 0.2) is 11.0 Å². The number of aromatic nitrogens is 2. The molecule has 5 heteroatoms. The second-order valence-corrected chi connectivity index (χ2v) is 5.54. The number of nitrogens with zero attached hydrogens (tertiary/aromatic N) is 2. The molecule has 0 atom stereocenters. The van der Waals surface area contributed by atoms with E-state index in [1.54, 1.807) is 7.11 Å². The summed E-state index contributed by atoms with van der Waals surface area (Å²) >= 11 is 5.94. The summed E-state index contributed by atoms with van der Waals surface area (Å²) in [5.41, 5.74) is 2.48. The molecule has 1 fully saturated rings. The third kappa shape index (κ3) is 2.93. The zero-order valence-corrected chi connectivity index (χ0v) is 12.0. The van der Waals surface area contributed by atoms with Gasteiger partial charge in [-0.15, -0.1) is 10.2 Å². The van der Waals surface area contributed by atoms with Gasteiger partial charge in [-0.1, -0.05) is 11.6 Å². The number of nitrogens with one attached hydrogen (secondary N) is 1. The van der Waals surface area contributed by atoms with Crippen LogP contribution >= 0.6 is 11.6 Å². The van der Waals surface area contributed by atoms with Gasteiger partial charge in [0.1, 0.15) is 0 Å². The number of anilines is 1. The van der Waals surface area contributed by atoms with E-state index < -0.39 is 0 Å². The van der Waals surface area contributed by atoms with Crippen LogP contribution in [0.25, 0.3) is 0 Å². The van der Waals surface area contributed by atoms with Gasteiger partial charge in [0.05, 0.1) is 0 Å². The van der Waals surface area contributed by atoms with Gasteiger partial charge in [0.2, 0.25) is 0 Å². The summed E-state index contributed by atoms with van der Waals surface area (Å²) in [6, 6.07) is 0. The summed E-state index contributed by atoms with van der Waals surface area (Å²) in [6.07, 6.45) is 3.64. The lowest BCUT2D eigenvalue weighted by atomic mass is 10.0. The monoisotopic (exact) mass is 269 g/mol. The first kappa shape index (κ1) is 13.6. The fourth-order valence-electron chi connectivity index (χ4n) is 2.03. The quantitative estimate of drug-likeness (QED) is 0.862. The average molecular weight is 270 g/mol. The third-order valence-corrected chi connectivity index (χ3v) is 4.25. The normalized spacial score (nSPS) is 16.7. The van der Waals surface area contributed by atoms with Crippen molar-refractivity contribution in [3.8, 4) is 0 Å². The lowest BCUT2D eigenvalue weighted by molar-refractivity contribution is 0.175. The Morgan fingerprint density at radius 1 is 1.28 bits per heavy atom. The molecule has 100 valence electrons. The molecule has 1 aromatic rings. The molecule has 0 amide bonds. The van der Waals surface area contributed by atoms with Gasteiger partial charge in [-0.3, -0.25) is 0 Å². The van der Waals surface area contributed by atoms with Crippen molar-refractivity contribution in [1.82, 2.24) is 10.2 Å². The summed E-state index contributed by atoms with van der Waals surface area (Å²) in [7, 11) is 1.75. The zero-order valence-electron chi connectivity index (χ0n) is 11.2. The topological polar surface area (TPSA) is 47.0 Å². The van der Waals surface area contributed by atoms with E-state index in [1.165, 1.54) is 12.8 Å². The Bertz CT molecular complexity index is 432. The van der Waals surface area contributed by atoms with Gasteiger partial charge < -0.3 is 10.1 Å². The largest absolute Gasteiger partial charge is 0.385 e.